The number of amides is 1. The maximum Gasteiger partial charge on any atom is 0.251 e. The second-order valence-electron chi connectivity index (χ2n) is 4.61. The minimum Gasteiger partial charge on any atom is -0.398 e. The molecule has 0 aliphatic carbocycles. The number of benzene rings is 2. The third-order valence-electron chi connectivity index (χ3n) is 3.31. The third-order valence-corrected chi connectivity index (χ3v) is 3.56. The van der Waals surface area contributed by atoms with Crippen LogP contribution in [0.5, 0.6) is 0 Å². The highest BCUT2D eigenvalue weighted by molar-refractivity contribution is 6.30. The zero-order valence-corrected chi connectivity index (χ0v) is 12.1. The molecular weight excluding hydrogens is 288 g/mol. The van der Waals surface area contributed by atoms with E-state index in [0.29, 0.717) is 10.7 Å². The number of anilines is 1. The summed E-state index contributed by atoms with van der Waals surface area (Å²) in [5.41, 5.74) is 16.7. The van der Waals surface area contributed by atoms with Crippen LogP contribution in [0.2, 0.25) is 5.02 Å². The normalized spacial score (nSPS) is 11.5. The second-order valence-corrected chi connectivity index (χ2v) is 5.05. The van der Waals surface area contributed by atoms with Gasteiger partial charge in [-0.05, 0) is 46.0 Å². The SMILES string of the molecule is CC(c1ccc(Cl)cc1)c1ccc(C(=O)N=[N+]=[N-])c(N)c1. The van der Waals surface area contributed by atoms with Crippen molar-refractivity contribution in [3.8, 4) is 0 Å². The molecule has 6 heteroatoms. The highest BCUT2D eigenvalue weighted by Crippen LogP contribution is 2.28. The lowest BCUT2D eigenvalue weighted by Crippen LogP contribution is -2.03. The molecule has 5 nitrogen and oxygen atoms in total. The Balaban J connectivity index is 2.33. The number of rotatable bonds is 3. The Bertz CT molecular complexity index is 721. The molecule has 2 rings (SSSR count). The molecule has 0 saturated carbocycles. The summed E-state index contributed by atoms with van der Waals surface area (Å²) >= 11 is 5.88. The molecule has 1 unspecified atom stereocenters. The van der Waals surface area contributed by atoms with E-state index in [2.05, 4.69) is 10.0 Å². The van der Waals surface area contributed by atoms with Gasteiger partial charge in [0.1, 0.15) is 0 Å². The molecule has 0 radical (unpaired) electrons. The third kappa shape index (κ3) is 3.34. The van der Waals surface area contributed by atoms with Crippen LogP contribution in [-0.4, -0.2) is 5.91 Å². The molecule has 0 aliphatic rings. The topological polar surface area (TPSA) is 91.8 Å². The lowest BCUT2D eigenvalue weighted by Gasteiger charge is -2.14. The summed E-state index contributed by atoms with van der Waals surface area (Å²) < 4.78 is 0. The molecule has 106 valence electrons. The molecule has 21 heavy (non-hydrogen) atoms. The van der Waals surface area contributed by atoms with Crippen LogP contribution in [-0.2, 0) is 0 Å². The first-order valence-electron chi connectivity index (χ1n) is 6.27. The van der Waals surface area contributed by atoms with Gasteiger partial charge in [-0.15, -0.1) is 0 Å². The molecule has 1 amide bonds. The minimum atomic E-state index is -0.680. The number of nitrogen functional groups attached to an aromatic ring is 1. The number of carbonyl (C=O) groups excluding carboxylic acids is 1. The van der Waals surface area contributed by atoms with Crippen LogP contribution in [0.4, 0.5) is 5.69 Å². The van der Waals surface area contributed by atoms with Crippen molar-refractivity contribution in [2.45, 2.75) is 12.8 Å². The number of azide groups is 1. The van der Waals surface area contributed by atoms with Crippen molar-refractivity contribution in [3.63, 3.8) is 0 Å². The average molecular weight is 301 g/mol. The van der Waals surface area contributed by atoms with Crippen molar-refractivity contribution in [1.82, 2.24) is 0 Å². The number of nitrogens with zero attached hydrogens (tertiary/aromatic N) is 3. The second kappa shape index (κ2) is 6.31. The van der Waals surface area contributed by atoms with E-state index in [-0.39, 0.29) is 11.5 Å². The summed E-state index contributed by atoms with van der Waals surface area (Å²) in [5.74, 6) is -0.575. The molecule has 2 N–H and O–H groups in total. The van der Waals surface area contributed by atoms with Gasteiger partial charge < -0.3 is 5.73 Å². The lowest BCUT2D eigenvalue weighted by atomic mass is 9.92. The Hall–Kier alpha value is -2.49. The zero-order valence-electron chi connectivity index (χ0n) is 11.3. The molecule has 1 atom stereocenters. The lowest BCUT2D eigenvalue weighted by molar-refractivity contribution is 0.100. The Morgan fingerprint density at radius 2 is 1.86 bits per heavy atom. The first-order valence-corrected chi connectivity index (χ1v) is 6.65. The first-order chi connectivity index (χ1) is 10.0. The zero-order chi connectivity index (χ0) is 15.4. The highest BCUT2D eigenvalue weighted by Gasteiger charge is 2.13. The molecule has 0 aromatic heterocycles. The van der Waals surface area contributed by atoms with Crippen molar-refractivity contribution < 1.29 is 4.79 Å². The molecule has 2 aromatic rings. The molecular formula is C15H13ClN4O. The summed E-state index contributed by atoms with van der Waals surface area (Å²) in [7, 11) is 0. The predicted octanol–water partition coefficient (Wildman–Crippen LogP) is 4.52. The van der Waals surface area contributed by atoms with Gasteiger partial charge in [-0.25, -0.2) is 0 Å². The molecule has 0 fully saturated rings. The van der Waals surface area contributed by atoms with Crippen LogP contribution in [0.15, 0.2) is 47.6 Å². The first kappa shape index (κ1) is 14.9. The van der Waals surface area contributed by atoms with Gasteiger partial charge in [0.2, 0.25) is 0 Å². The number of carbonyl (C=O) groups is 1. The fraction of sp³-hybridized carbons (Fsp3) is 0.133. The van der Waals surface area contributed by atoms with E-state index in [4.69, 9.17) is 22.9 Å². The van der Waals surface area contributed by atoms with Gasteiger partial charge in [0.15, 0.2) is 0 Å². The summed E-state index contributed by atoms with van der Waals surface area (Å²) in [6, 6.07) is 12.7. The number of hydrogen-bond donors (Lipinski definition) is 1. The smallest absolute Gasteiger partial charge is 0.251 e. The number of hydrogen-bond acceptors (Lipinski definition) is 2. The van der Waals surface area contributed by atoms with E-state index in [1.807, 2.05) is 31.2 Å². The van der Waals surface area contributed by atoms with Crippen LogP contribution < -0.4 is 5.73 Å². The molecule has 0 spiro atoms. The van der Waals surface area contributed by atoms with Gasteiger partial charge in [0.05, 0.1) is 0 Å². The van der Waals surface area contributed by atoms with Crippen molar-refractivity contribution in [2.24, 2.45) is 5.11 Å². The highest BCUT2D eigenvalue weighted by atomic mass is 35.5. The quantitative estimate of drug-likeness (QED) is 0.390. The summed E-state index contributed by atoms with van der Waals surface area (Å²) in [5, 5.41) is 3.73. The standard InChI is InChI=1S/C15H13ClN4O/c1-9(10-2-5-12(16)6-3-10)11-4-7-13(14(17)8-11)15(21)19-20-18/h2-9H,17H2,1H3. The van der Waals surface area contributed by atoms with Gasteiger partial charge in [-0.1, -0.05) is 36.7 Å². The molecule has 2 aromatic carbocycles. The van der Waals surface area contributed by atoms with E-state index < -0.39 is 5.91 Å². The Morgan fingerprint density at radius 1 is 1.24 bits per heavy atom. The summed E-state index contributed by atoms with van der Waals surface area (Å²) in [4.78, 5) is 14.0. The Labute approximate surface area is 127 Å². The van der Waals surface area contributed by atoms with Crippen LogP contribution in [0.3, 0.4) is 0 Å². The largest absolute Gasteiger partial charge is 0.398 e. The van der Waals surface area contributed by atoms with E-state index in [1.165, 1.54) is 0 Å². The Morgan fingerprint density at radius 3 is 2.43 bits per heavy atom. The summed E-state index contributed by atoms with van der Waals surface area (Å²) in [6.45, 7) is 2.03. The van der Waals surface area contributed by atoms with E-state index >= 15 is 0 Å². The van der Waals surface area contributed by atoms with Gasteiger partial charge in [-0.2, -0.15) is 0 Å². The fourth-order valence-corrected chi connectivity index (χ4v) is 2.21. The van der Waals surface area contributed by atoms with Crippen molar-refractivity contribution >= 4 is 23.2 Å². The molecule has 0 aliphatic heterocycles. The molecule has 0 saturated heterocycles. The van der Waals surface area contributed by atoms with Gasteiger partial charge in [0.25, 0.3) is 5.91 Å². The minimum absolute atomic E-state index is 0.105. The number of halogens is 1. The van der Waals surface area contributed by atoms with E-state index in [1.54, 1.807) is 18.2 Å². The Kier molecular flexibility index (Phi) is 4.48. The van der Waals surface area contributed by atoms with Crippen molar-refractivity contribution in [3.05, 3.63) is 74.6 Å². The average Bonchev–Trinajstić information content (AvgIpc) is 2.47. The molecule has 0 heterocycles. The van der Waals surface area contributed by atoms with E-state index in [0.717, 1.165) is 11.1 Å². The van der Waals surface area contributed by atoms with Gasteiger partial charge >= 0.3 is 0 Å². The molecule has 0 bridgehead atoms. The maximum absolute atomic E-state index is 11.5. The number of nitrogens with two attached hydrogens (primary N) is 1. The van der Waals surface area contributed by atoms with Crippen molar-refractivity contribution in [2.75, 3.05) is 5.73 Å². The fourth-order valence-electron chi connectivity index (χ4n) is 2.08. The predicted molar refractivity (Wildman–Crippen MR) is 83.3 cm³/mol. The van der Waals surface area contributed by atoms with Crippen LogP contribution >= 0.6 is 11.6 Å². The van der Waals surface area contributed by atoms with Gasteiger partial charge in [0, 0.05) is 27.1 Å². The maximum atomic E-state index is 11.5. The van der Waals surface area contributed by atoms with Crippen molar-refractivity contribution in [1.29, 1.82) is 0 Å². The monoisotopic (exact) mass is 300 g/mol. The van der Waals surface area contributed by atoms with Crippen LogP contribution in [0, 0.1) is 0 Å². The summed E-state index contributed by atoms with van der Waals surface area (Å²) in [6.07, 6.45) is 0. The van der Waals surface area contributed by atoms with Crippen LogP contribution in [0.1, 0.15) is 34.3 Å². The van der Waals surface area contributed by atoms with Crippen LogP contribution in [0.25, 0.3) is 10.4 Å². The van der Waals surface area contributed by atoms with E-state index in [9.17, 15) is 4.79 Å². The van der Waals surface area contributed by atoms with Gasteiger partial charge in [-0.3, -0.25) is 4.79 Å².